The molecule has 0 bridgehead atoms. The van der Waals surface area contributed by atoms with Gasteiger partial charge in [0.15, 0.2) is 0 Å². The molecule has 0 aliphatic rings. The number of amides is 2. The van der Waals surface area contributed by atoms with Crippen LogP contribution in [0.4, 0.5) is 4.39 Å². The van der Waals surface area contributed by atoms with Crippen LogP contribution in [0.15, 0.2) is 84.9 Å². The van der Waals surface area contributed by atoms with Crippen LogP contribution >= 0.6 is 0 Å². The van der Waals surface area contributed by atoms with Crippen LogP contribution in [0.5, 0.6) is 0 Å². The second kappa shape index (κ2) is 10.2. The first-order valence-corrected chi connectivity index (χ1v) is 9.54. The minimum Gasteiger partial charge on any atom is -0.354 e. The first kappa shape index (κ1) is 20.3. The molecular weight excluding hydrogens is 367 g/mol. The standard InChI is InChI=1S/C24H23FN2O2/c25-22-14-8-7-13-20(22)24(29)27-16-15-26-23(28)17-21(18-9-3-1-4-10-18)19-11-5-2-6-12-19/h1-14,21H,15-17H2,(H,26,28)(H,27,29). The zero-order valence-electron chi connectivity index (χ0n) is 16.0. The number of benzene rings is 3. The highest BCUT2D eigenvalue weighted by atomic mass is 19.1. The average Bonchev–Trinajstić information content (AvgIpc) is 2.76. The van der Waals surface area contributed by atoms with Gasteiger partial charge in [0.2, 0.25) is 5.91 Å². The minimum atomic E-state index is -0.567. The Morgan fingerprint density at radius 2 is 1.24 bits per heavy atom. The van der Waals surface area contributed by atoms with Crippen molar-refractivity contribution in [3.63, 3.8) is 0 Å². The van der Waals surface area contributed by atoms with Gasteiger partial charge in [0.05, 0.1) is 5.56 Å². The van der Waals surface area contributed by atoms with Crippen molar-refractivity contribution < 1.29 is 14.0 Å². The van der Waals surface area contributed by atoms with Crippen LogP contribution in [0.25, 0.3) is 0 Å². The van der Waals surface area contributed by atoms with Crippen LogP contribution in [0.2, 0.25) is 0 Å². The van der Waals surface area contributed by atoms with Gasteiger partial charge in [-0.1, -0.05) is 72.8 Å². The van der Waals surface area contributed by atoms with Crippen LogP contribution in [0.1, 0.15) is 33.8 Å². The molecule has 148 valence electrons. The van der Waals surface area contributed by atoms with Gasteiger partial charge < -0.3 is 10.6 Å². The third-order valence-corrected chi connectivity index (χ3v) is 4.64. The Bertz CT molecular complexity index is 906. The Kier molecular flexibility index (Phi) is 7.11. The van der Waals surface area contributed by atoms with E-state index in [9.17, 15) is 14.0 Å². The van der Waals surface area contributed by atoms with Crippen molar-refractivity contribution in [2.45, 2.75) is 12.3 Å². The van der Waals surface area contributed by atoms with Crippen LogP contribution in [-0.2, 0) is 4.79 Å². The Labute approximate surface area is 169 Å². The van der Waals surface area contributed by atoms with Gasteiger partial charge >= 0.3 is 0 Å². The van der Waals surface area contributed by atoms with E-state index in [0.29, 0.717) is 6.42 Å². The highest BCUT2D eigenvalue weighted by molar-refractivity contribution is 5.94. The molecule has 0 saturated carbocycles. The Balaban J connectivity index is 1.53. The summed E-state index contributed by atoms with van der Waals surface area (Å²) in [5.74, 6) is -1.22. The van der Waals surface area contributed by atoms with Gasteiger partial charge in [-0.15, -0.1) is 0 Å². The maximum Gasteiger partial charge on any atom is 0.254 e. The second-order valence-electron chi connectivity index (χ2n) is 6.66. The summed E-state index contributed by atoms with van der Waals surface area (Å²) in [5, 5.41) is 5.44. The quantitative estimate of drug-likeness (QED) is 0.573. The molecule has 0 spiro atoms. The molecule has 4 nitrogen and oxygen atoms in total. The maximum atomic E-state index is 13.6. The first-order valence-electron chi connectivity index (χ1n) is 9.54. The molecule has 3 rings (SSSR count). The molecule has 0 aliphatic carbocycles. The first-order chi connectivity index (χ1) is 14.1. The topological polar surface area (TPSA) is 58.2 Å². The monoisotopic (exact) mass is 390 g/mol. The fourth-order valence-corrected chi connectivity index (χ4v) is 3.17. The fraction of sp³-hybridized carbons (Fsp3) is 0.167. The van der Waals surface area contributed by atoms with E-state index in [1.807, 2.05) is 60.7 Å². The van der Waals surface area contributed by atoms with E-state index < -0.39 is 11.7 Å². The van der Waals surface area contributed by atoms with E-state index in [0.717, 1.165) is 11.1 Å². The smallest absolute Gasteiger partial charge is 0.254 e. The molecule has 3 aromatic carbocycles. The number of hydrogen-bond acceptors (Lipinski definition) is 2. The third-order valence-electron chi connectivity index (χ3n) is 4.64. The molecule has 3 aromatic rings. The zero-order chi connectivity index (χ0) is 20.5. The lowest BCUT2D eigenvalue weighted by Crippen LogP contribution is -2.35. The predicted molar refractivity (Wildman–Crippen MR) is 111 cm³/mol. The predicted octanol–water partition coefficient (Wildman–Crippen LogP) is 3.89. The third kappa shape index (κ3) is 5.75. The second-order valence-corrected chi connectivity index (χ2v) is 6.66. The molecule has 0 fully saturated rings. The average molecular weight is 390 g/mol. The summed E-state index contributed by atoms with van der Waals surface area (Å²) in [4.78, 5) is 24.5. The van der Waals surface area contributed by atoms with Gasteiger partial charge in [-0.3, -0.25) is 9.59 Å². The summed E-state index contributed by atoms with van der Waals surface area (Å²) in [6, 6.07) is 25.6. The summed E-state index contributed by atoms with van der Waals surface area (Å²) in [6.07, 6.45) is 0.301. The van der Waals surface area contributed by atoms with Crippen LogP contribution in [0.3, 0.4) is 0 Å². The molecule has 0 aromatic heterocycles. The molecule has 0 heterocycles. The van der Waals surface area contributed by atoms with Crippen molar-refractivity contribution in [3.05, 3.63) is 107 Å². The molecule has 29 heavy (non-hydrogen) atoms. The van der Waals surface area contributed by atoms with E-state index >= 15 is 0 Å². The van der Waals surface area contributed by atoms with Gasteiger partial charge in [-0.25, -0.2) is 4.39 Å². The molecule has 5 heteroatoms. The van der Waals surface area contributed by atoms with Crippen LogP contribution in [-0.4, -0.2) is 24.9 Å². The highest BCUT2D eigenvalue weighted by Crippen LogP contribution is 2.27. The van der Waals surface area contributed by atoms with Crippen molar-refractivity contribution in [1.82, 2.24) is 10.6 Å². The molecular formula is C24H23FN2O2. The number of nitrogens with one attached hydrogen (secondary N) is 2. The van der Waals surface area contributed by atoms with Crippen LogP contribution in [0, 0.1) is 5.82 Å². The summed E-state index contributed by atoms with van der Waals surface area (Å²) in [5.41, 5.74) is 2.13. The van der Waals surface area contributed by atoms with Gasteiger partial charge in [0.1, 0.15) is 5.82 Å². The van der Waals surface area contributed by atoms with Gasteiger partial charge in [-0.2, -0.15) is 0 Å². The number of carbonyl (C=O) groups is 2. The number of halogens is 1. The van der Waals surface area contributed by atoms with Crippen molar-refractivity contribution in [2.75, 3.05) is 13.1 Å². The Morgan fingerprint density at radius 3 is 1.83 bits per heavy atom. The summed E-state index contributed by atoms with van der Waals surface area (Å²) in [7, 11) is 0. The van der Waals surface area contributed by atoms with E-state index in [4.69, 9.17) is 0 Å². The lowest BCUT2D eigenvalue weighted by Gasteiger charge is -2.18. The van der Waals surface area contributed by atoms with Crippen molar-refractivity contribution in [2.24, 2.45) is 0 Å². The summed E-state index contributed by atoms with van der Waals surface area (Å²) in [6.45, 7) is 0.496. The van der Waals surface area contributed by atoms with E-state index in [1.165, 1.54) is 18.2 Å². The minimum absolute atomic E-state index is 0.00737. The van der Waals surface area contributed by atoms with Crippen molar-refractivity contribution >= 4 is 11.8 Å². The molecule has 2 N–H and O–H groups in total. The van der Waals surface area contributed by atoms with E-state index in [-0.39, 0.29) is 30.5 Å². The Morgan fingerprint density at radius 1 is 0.724 bits per heavy atom. The van der Waals surface area contributed by atoms with Gasteiger partial charge in [0.25, 0.3) is 5.91 Å². The molecule has 2 amide bonds. The largest absolute Gasteiger partial charge is 0.354 e. The van der Waals surface area contributed by atoms with Gasteiger partial charge in [-0.05, 0) is 23.3 Å². The molecule has 0 radical (unpaired) electrons. The summed E-state index contributed by atoms with van der Waals surface area (Å²) < 4.78 is 13.6. The molecule has 0 saturated heterocycles. The Hall–Kier alpha value is -3.47. The lowest BCUT2D eigenvalue weighted by molar-refractivity contribution is -0.121. The number of hydrogen-bond donors (Lipinski definition) is 2. The fourth-order valence-electron chi connectivity index (χ4n) is 3.17. The molecule has 0 aliphatic heterocycles. The number of rotatable bonds is 8. The van der Waals surface area contributed by atoms with Crippen molar-refractivity contribution in [1.29, 1.82) is 0 Å². The highest BCUT2D eigenvalue weighted by Gasteiger charge is 2.18. The summed E-state index contributed by atoms with van der Waals surface area (Å²) >= 11 is 0. The molecule has 0 atom stereocenters. The van der Waals surface area contributed by atoms with Crippen molar-refractivity contribution in [3.8, 4) is 0 Å². The maximum absolute atomic E-state index is 13.6. The SMILES string of the molecule is O=C(CC(c1ccccc1)c1ccccc1)NCCNC(=O)c1ccccc1F. The van der Waals surface area contributed by atoms with Crippen LogP contribution < -0.4 is 10.6 Å². The van der Waals surface area contributed by atoms with E-state index in [1.54, 1.807) is 6.07 Å². The zero-order valence-corrected chi connectivity index (χ0v) is 16.0. The number of carbonyl (C=O) groups excluding carboxylic acids is 2. The lowest BCUT2D eigenvalue weighted by atomic mass is 9.88. The molecule has 0 unspecified atom stereocenters. The normalized spacial score (nSPS) is 10.6. The van der Waals surface area contributed by atoms with Gasteiger partial charge in [0, 0.05) is 25.4 Å². The van der Waals surface area contributed by atoms with E-state index in [2.05, 4.69) is 10.6 Å².